The average Bonchev–Trinajstić information content (AvgIpc) is 2.29. The fraction of sp³-hybridized carbons (Fsp3) is 0.167. The summed E-state index contributed by atoms with van der Waals surface area (Å²) in [6.07, 6.45) is 3.31. The van der Waals surface area contributed by atoms with Crippen LogP contribution >= 0.6 is 0 Å². The highest BCUT2D eigenvalue weighted by atomic mass is 19.1. The Bertz CT molecular complexity index is 488. The van der Waals surface area contributed by atoms with Gasteiger partial charge in [-0.15, -0.1) is 0 Å². The number of hydrogen-bond donors (Lipinski definition) is 1. The molecule has 0 saturated heterocycles. The highest BCUT2D eigenvalue weighted by Gasteiger charge is 2.15. The van der Waals surface area contributed by atoms with Crippen LogP contribution in [0.2, 0.25) is 0 Å². The highest BCUT2D eigenvalue weighted by Crippen LogP contribution is 2.22. The van der Waals surface area contributed by atoms with Crippen LogP contribution < -0.4 is 0 Å². The Morgan fingerprint density at radius 3 is 2.75 bits per heavy atom. The Morgan fingerprint density at radius 1 is 1.31 bits per heavy atom. The lowest BCUT2D eigenvalue weighted by atomic mass is 10.0. The van der Waals surface area contributed by atoms with Crippen molar-refractivity contribution in [2.75, 3.05) is 0 Å². The molecule has 4 heteroatoms. The van der Waals surface area contributed by atoms with Crippen LogP contribution in [0.25, 0.3) is 0 Å². The Morgan fingerprint density at radius 2 is 2.12 bits per heavy atom. The summed E-state index contributed by atoms with van der Waals surface area (Å²) in [6.45, 7) is 1.79. The monoisotopic (exact) mass is 218 g/mol. The molecule has 0 spiro atoms. The number of aryl methyl sites for hydroxylation is 1. The van der Waals surface area contributed by atoms with Crippen LogP contribution in [-0.2, 0) is 0 Å². The molecule has 16 heavy (non-hydrogen) atoms. The largest absolute Gasteiger partial charge is 0.382 e. The van der Waals surface area contributed by atoms with Gasteiger partial charge >= 0.3 is 0 Å². The van der Waals surface area contributed by atoms with Crippen LogP contribution in [0, 0.1) is 12.7 Å². The van der Waals surface area contributed by atoms with E-state index < -0.39 is 11.9 Å². The molecule has 1 unspecified atom stereocenters. The molecule has 1 heterocycles. The maximum Gasteiger partial charge on any atom is 0.129 e. The quantitative estimate of drug-likeness (QED) is 0.838. The summed E-state index contributed by atoms with van der Waals surface area (Å²) in [5, 5.41) is 9.92. The van der Waals surface area contributed by atoms with Crippen molar-refractivity contribution in [2.24, 2.45) is 0 Å². The molecule has 82 valence electrons. The number of rotatable bonds is 2. The fourth-order valence-corrected chi connectivity index (χ4v) is 1.47. The Balaban J connectivity index is 2.38. The number of halogens is 1. The van der Waals surface area contributed by atoms with E-state index in [2.05, 4.69) is 9.97 Å². The van der Waals surface area contributed by atoms with Gasteiger partial charge in [0.25, 0.3) is 0 Å². The van der Waals surface area contributed by atoms with Gasteiger partial charge in [-0.3, -0.25) is 9.97 Å². The molecular formula is C12H11FN2O. The first-order valence-electron chi connectivity index (χ1n) is 4.88. The molecule has 0 bridgehead atoms. The molecule has 1 atom stereocenters. The van der Waals surface area contributed by atoms with Gasteiger partial charge in [0.2, 0.25) is 0 Å². The van der Waals surface area contributed by atoms with E-state index in [1.165, 1.54) is 24.7 Å². The molecule has 0 aliphatic rings. The van der Waals surface area contributed by atoms with Gasteiger partial charge in [0.15, 0.2) is 0 Å². The topological polar surface area (TPSA) is 46.0 Å². The van der Waals surface area contributed by atoms with Crippen molar-refractivity contribution in [1.82, 2.24) is 9.97 Å². The van der Waals surface area contributed by atoms with E-state index in [1.807, 2.05) is 0 Å². The Labute approximate surface area is 92.6 Å². The van der Waals surface area contributed by atoms with E-state index in [0.29, 0.717) is 5.69 Å². The van der Waals surface area contributed by atoms with Gasteiger partial charge in [-0.2, -0.15) is 0 Å². The lowest BCUT2D eigenvalue weighted by Gasteiger charge is -2.11. The zero-order valence-corrected chi connectivity index (χ0v) is 8.76. The van der Waals surface area contributed by atoms with E-state index in [1.54, 1.807) is 19.1 Å². The first-order valence-corrected chi connectivity index (χ1v) is 4.88. The molecule has 0 aliphatic carbocycles. The van der Waals surface area contributed by atoms with Crippen LogP contribution in [0.3, 0.4) is 0 Å². The molecule has 0 amide bonds. The molecule has 0 saturated carbocycles. The van der Waals surface area contributed by atoms with Crippen LogP contribution in [0.4, 0.5) is 4.39 Å². The van der Waals surface area contributed by atoms with Crippen molar-refractivity contribution >= 4 is 0 Å². The van der Waals surface area contributed by atoms with Crippen LogP contribution in [0.1, 0.15) is 22.9 Å². The van der Waals surface area contributed by atoms with Gasteiger partial charge in [-0.05, 0) is 18.6 Å². The van der Waals surface area contributed by atoms with Crippen LogP contribution in [0.5, 0.6) is 0 Å². The number of aliphatic hydroxyl groups excluding tert-OH is 1. The molecule has 0 fully saturated rings. The number of benzene rings is 1. The molecule has 0 aliphatic heterocycles. The zero-order chi connectivity index (χ0) is 11.5. The highest BCUT2D eigenvalue weighted by molar-refractivity contribution is 5.29. The maximum absolute atomic E-state index is 13.6. The molecule has 0 radical (unpaired) electrons. The van der Waals surface area contributed by atoms with E-state index in [-0.39, 0.29) is 5.56 Å². The maximum atomic E-state index is 13.6. The number of aromatic nitrogens is 2. The van der Waals surface area contributed by atoms with Gasteiger partial charge in [0, 0.05) is 18.0 Å². The molecule has 1 aromatic carbocycles. The number of hydrogen-bond acceptors (Lipinski definition) is 3. The van der Waals surface area contributed by atoms with E-state index in [4.69, 9.17) is 0 Å². The summed E-state index contributed by atoms with van der Waals surface area (Å²) >= 11 is 0. The minimum Gasteiger partial charge on any atom is -0.382 e. The molecule has 1 N–H and O–H groups in total. The second-order valence-corrected chi connectivity index (χ2v) is 3.56. The van der Waals surface area contributed by atoms with Crippen molar-refractivity contribution in [1.29, 1.82) is 0 Å². The van der Waals surface area contributed by atoms with Crippen molar-refractivity contribution in [2.45, 2.75) is 13.0 Å². The zero-order valence-electron chi connectivity index (χ0n) is 8.76. The summed E-state index contributed by atoms with van der Waals surface area (Å²) in [4.78, 5) is 7.77. The lowest BCUT2D eigenvalue weighted by Crippen LogP contribution is -2.05. The lowest BCUT2D eigenvalue weighted by molar-refractivity contribution is 0.209. The predicted molar refractivity (Wildman–Crippen MR) is 57.2 cm³/mol. The van der Waals surface area contributed by atoms with Gasteiger partial charge < -0.3 is 5.11 Å². The van der Waals surface area contributed by atoms with E-state index >= 15 is 0 Å². The van der Waals surface area contributed by atoms with Gasteiger partial charge in [0.1, 0.15) is 11.9 Å². The second-order valence-electron chi connectivity index (χ2n) is 3.56. The van der Waals surface area contributed by atoms with E-state index in [0.717, 1.165) is 5.56 Å². The summed E-state index contributed by atoms with van der Waals surface area (Å²) in [5.41, 5.74) is 1.36. The SMILES string of the molecule is Cc1ccc(C(O)c2cnccn2)c(F)c1. The Kier molecular flexibility index (Phi) is 2.92. The van der Waals surface area contributed by atoms with Gasteiger partial charge in [-0.25, -0.2) is 4.39 Å². The predicted octanol–water partition coefficient (Wildman–Crippen LogP) is 2.01. The molecular weight excluding hydrogens is 207 g/mol. The first-order chi connectivity index (χ1) is 7.68. The fourth-order valence-electron chi connectivity index (χ4n) is 1.47. The third-order valence-corrected chi connectivity index (χ3v) is 2.31. The number of aliphatic hydroxyl groups is 1. The van der Waals surface area contributed by atoms with Crippen molar-refractivity contribution in [3.63, 3.8) is 0 Å². The standard InChI is InChI=1S/C12H11FN2O/c1-8-2-3-9(10(13)6-8)12(16)11-7-14-4-5-15-11/h2-7,12,16H,1H3. The second kappa shape index (κ2) is 4.37. The molecule has 2 aromatic rings. The summed E-state index contributed by atoms with van der Waals surface area (Å²) in [7, 11) is 0. The minimum atomic E-state index is -1.07. The summed E-state index contributed by atoms with van der Waals surface area (Å²) in [5.74, 6) is -0.432. The van der Waals surface area contributed by atoms with Gasteiger partial charge in [-0.1, -0.05) is 12.1 Å². The van der Waals surface area contributed by atoms with Crippen LogP contribution in [-0.4, -0.2) is 15.1 Å². The third-order valence-electron chi connectivity index (χ3n) is 2.31. The molecule has 2 rings (SSSR count). The number of nitrogens with zero attached hydrogens (tertiary/aromatic N) is 2. The Hall–Kier alpha value is -1.81. The summed E-state index contributed by atoms with van der Waals surface area (Å²) in [6, 6.07) is 4.69. The minimum absolute atomic E-state index is 0.214. The van der Waals surface area contributed by atoms with E-state index in [9.17, 15) is 9.50 Å². The third kappa shape index (κ3) is 2.06. The van der Waals surface area contributed by atoms with Crippen molar-refractivity contribution in [3.8, 4) is 0 Å². The molecule has 3 nitrogen and oxygen atoms in total. The first kappa shape index (κ1) is 10.7. The van der Waals surface area contributed by atoms with Crippen molar-refractivity contribution < 1.29 is 9.50 Å². The average molecular weight is 218 g/mol. The smallest absolute Gasteiger partial charge is 0.129 e. The normalized spacial score (nSPS) is 12.4. The summed E-state index contributed by atoms with van der Waals surface area (Å²) < 4.78 is 13.6. The van der Waals surface area contributed by atoms with Gasteiger partial charge in [0.05, 0.1) is 11.9 Å². The molecule has 1 aromatic heterocycles. The van der Waals surface area contributed by atoms with Crippen molar-refractivity contribution in [3.05, 3.63) is 59.4 Å². The van der Waals surface area contributed by atoms with Crippen LogP contribution in [0.15, 0.2) is 36.8 Å².